The third-order valence-electron chi connectivity index (χ3n) is 5.46. The molecule has 0 spiro atoms. The van der Waals surface area contributed by atoms with E-state index in [1.54, 1.807) is 11.3 Å². The van der Waals surface area contributed by atoms with E-state index in [2.05, 4.69) is 25.2 Å². The highest BCUT2D eigenvalue weighted by molar-refractivity contribution is 7.13. The number of fused-ring (bicyclic) bond motifs is 1. The van der Waals surface area contributed by atoms with Gasteiger partial charge in [-0.05, 0) is 47.8 Å². The summed E-state index contributed by atoms with van der Waals surface area (Å²) in [7, 11) is 0. The van der Waals surface area contributed by atoms with Gasteiger partial charge in [-0.25, -0.2) is 4.98 Å². The molecule has 1 aliphatic heterocycles. The summed E-state index contributed by atoms with van der Waals surface area (Å²) in [4.78, 5) is 25.3. The lowest BCUT2D eigenvalue weighted by Crippen LogP contribution is -2.37. The van der Waals surface area contributed by atoms with Crippen LogP contribution < -0.4 is 10.2 Å². The molecule has 0 atom stereocenters. The first kappa shape index (κ1) is 19.8. The topological polar surface area (TPSA) is 91.9 Å². The third-order valence-corrected chi connectivity index (χ3v) is 6.33. The molecular weight excluding hydrogens is 434 g/mol. The maximum absolute atomic E-state index is 5.48. The van der Waals surface area contributed by atoms with Crippen molar-refractivity contribution in [1.29, 1.82) is 0 Å². The second kappa shape index (κ2) is 8.61. The van der Waals surface area contributed by atoms with Crippen molar-refractivity contribution in [2.24, 2.45) is 0 Å². The predicted octanol–water partition coefficient (Wildman–Crippen LogP) is 4.72. The molecule has 0 saturated carbocycles. The summed E-state index contributed by atoms with van der Waals surface area (Å²) in [6, 6.07) is 20.1. The Hall–Kier alpha value is -3.82. The fourth-order valence-corrected chi connectivity index (χ4v) is 4.43. The molecule has 0 unspecified atom stereocenters. The zero-order chi connectivity index (χ0) is 22.0. The average molecular weight is 456 g/mol. The summed E-state index contributed by atoms with van der Waals surface area (Å²) in [6.07, 6.45) is 0. The van der Waals surface area contributed by atoms with Crippen LogP contribution in [0.25, 0.3) is 33.1 Å². The Morgan fingerprint density at radius 1 is 0.879 bits per heavy atom. The van der Waals surface area contributed by atoms with Gasteiger partial charge in [0.15, 0.2) is 5.82 Å². The number of ether oxygens (including phenoxy) is 1. The molecule has 4 heterocycles. The first-order chi connectivity index (χ1) is 16.3. The molecule has 0 aliphatic carbocycles. The van der Waals surface area contributed by atoms with Crippen molar-refractivity contribution in [3.05, 3.63) is 66.0 Å². The maximum Gasteiger partial charge on any atom is 0.232 e. The van der Waals surface area contributed by atoms with Gasteiger partial charge in [-0.1, -0.05) is 18.2 Å². The first-order valence-corrected chi connectivity index (χ1v) is 11.6. The van der Waals surface area contributed by atoms with Gasteiger partial charge in [-0.3, -0.25) is 0 Å². The Balaban J connectivity index is 1.29. The smallest absolute Gasteiger partial charge is 0.232 e. The van der Waals surface area contributed by atoms with Crippen molar-refractivity contribution in [1.82, 2.24) is 24.9 Å². The number of morpholine rings is 1. The molecule has 33 heavy (non-hydrogen) atoms. The molecule has 2 N–H and O–H groups in total. The molecule has 0 radical (unpaired) electrons. The Labute approximate surface area is 194 Å². The predicted molar refractivity (Wildman–Crippen MR) is 131 cm³/mol. The van der Waals surface area contributed by atoms with E-state index in [0.717, 1.165) is 46.1 Å². The van der Waals surface area contributed by atoms with Crippen molar-refractivity contribution in [2.45, 2.75) is 0 Å². The molecule has 1 fully saturated rings. The van der Waals surface area contributed by atoms with Gasteiger partial charge in [0.1, 0.15) is 5.82 Å². The van der Waals surface area contributed by atoms with Crippen LogP contribution in [-0.4, -0.2) is 51.2 Å². The van der Waals surface area contributed by atoms with Crippen LogP contribution in [0.1, 0.15) is 0 Å². The SMILES string of the molecule is c1csc(-c2nc(Nc3ccc(-c4nc5ccccc5[nH]4)cc3)nc(N3CCOCC3)n2)c1. The van der Waals surface area contributed by atoms with Crippen molar-refractivity contribution < 1.29 is 4.74 Å². The van der Waals surface area contributed by atoms with Crippen LogP contribution in [0.5, 0.6) is 0 Å². The fraction of sp³-hybridized carbons (Fsp3) is 0.167. The second-order valence-electron chi connectivity index (χ2n) is 7.66. The zero-order valence-corrected chi connectivity index (χ0v) is 18.5. The number of anilines is 3. The Kier molecular flexibility index (Phi) is 5.17. The lowest BCUT2D eigenvalue weighted by atomic mass is 10.2. The van der Waals surface area contributed by atoms with Gasteiger partial charge in [0, 0.05) is 24.3 Å². The molecule has 0 bridgehead atoms. The summed E-state index contributed by atoms with van der Waals surface area (Å²) in [5.74, 6) is 2.70. The van der Waals surface area contributed by atoms with E-state index in [4.69, 9.17) is 14.7 Å². The van der Waals surface area contributed by atoms with E-state index < -0.39 is 0 Å². The van der Waals surface area contributed by atoms with Gasteiger partial charge in [-0.2, -0.15) is 15.0 Å². The molecule has 9 heteroatoms. The van der Waals surface area contributed by atoms with Crippen molar-refractivity contribution in [2.75, 3.05) is 36.5 Å². The van der Waals surface area contributed by atoms with Crippen molar-refractivity contribution in [3.63, 3.8) is 0 Å². The summed E-state index contributed by atoms with van der Waals surface area (Å²) in [5.41, 5.74) is 3.89. The Bertz CT molecular complexity index is 1340. The van der Waals surface area contributed by atoms with Gasteiger partial charge in [0.25, 0.3) is 0 Å². The van der Waals surface area contributed by atoms with Crippen LogP contribution in [-0.2, 0) is 4.74 Å². The molecular formula is C24H21N7OS. The number of benzene rings is 2. The third kappa shape index (κ3) is 4.15. The van der Waals surface area contributed by atoms with Crippen molar-refractivity contribution >= 4 is 40.0 Å². The van der Waals surface area contributed by atoms with Gasteiger partial charge in [0.2, 0.25) is 11.9 Å². The minimum Gasteiger partial charge on any atom is -0.378 e. The van der Waals surface area contributed by atoms with Crippen LogP contribution >= 0.6 is 11.3 Å². The highest BCUT2D eigenvalue weighted by Crippen LogP contribution is 2.27. The molecule has 0 amide bonds. The number of hydrogen-bond donors (Lipinski definition) is 2. The van der Waals surface area contributed by atoms with Gasteiger partial charge < -0.3 is 19.9 Å². The summed E-state index contributed by atoms with van der Waals surface area (Å²) >= 11 is 1.61. The maximum atomic E-state index is 5.48. The van der Waals surface area contributed by atoms with Crippen LogP contribution in [0, 0.1) is 0 Å². The normalized spacial score (nSPS) is 14.0. The Morgan fingerprint density at radius 2 is 1.73 bits per heavy atom. The van der Waals surface area contributed by atoms with Crippen LogP contribution in [0.3, 0.4) is 0 Å². The number of nitrogens with zero attached hydrogens (tertiary/aromatic N) is 5. The largest absolute Gasteiger partial charge is 0.378 e. The zero-order valence-electron chi connectivity index (χ0n) is 17.7. The second-order valence-corrected chi connectivity index (χ2v) is 8.61. The molecule has 1 aliphatic rings. The molecule has 8 nitrogen and oxygen atoms in total. The van der Waals surface area contributed by atoms with Gasteiger partial charge in [0.05, 0.1) is 29.1 Å². The highest BCUT2D eigenvalue weighted by atomic mass is 32.1. The average Bonchev–Trinajstić information content (AvgIpc) is 3.55. The van der Waals surface area contributed by atoms with Gasteiger partial charge >= 0.3 is 0 Å². The molecule has 164 valence electrons. The lowest BCUT2D eigenvalue weighted by Gasteiger charge is -2.27. The van der Waals surface area contributed by atoms with Gasteiger partial charge in [-0.15, -0.1) is 11.3 Å². The molecule has 5 aromatic rings. The van der Waals surface area contributed by atoms with E-state index in [0.29, 0.717) is 30.9 Å². The summed E-state index contributed by atoms with van der Waals surface area (Å²) in [6.45, 7) is 2.87. The summed E-state index contributed by atoms with van der Waals surface area (Å²) < 4.78 is 5.48. The Morgan fingerprint density at radius 3 is 2.52 bits per heavy atom. The summed E-state index contributed by atoms with van der Waals surface area (Å²) in [5, 5.41) is 5.37. The van der Waals surface area contributed by atoms with E-state index >= 15 is 0 Å². The minimum atomic E-state index is 0.520. The molecule has 1 saturated heterocycles. The number of aromatic nitrogens is 5. The first-order valence-electron chi connectivity index (χ1n) is 10.8. The van der Waals surface area contributed by atoms with E-state index in [1.807, 2.05) is 66.0 Å². The number of para-hydroxylation sites is 2. The van der Waals surface area contributed by atoms with Crippen LogP contribution in [0.2, 0.25) is 0 Å². The number of imidazole rings is 1. The van der Waals surface area contributed by atoms with E-state index in [9.17, 15) is 0 Å². The number of aromatic amines is 1. The monoisotopic (exact) mass is 455 g/mol. The van der Waals surface area contributed by atoms with E-state index in [-0.39, 0.29) is 0 Å². The highest BCUT2D eigenvalue weighted by Gasteiger charge is 2.18. The standard InChI is InChI=1S/C24H21N7OS/c1-2-5-19-18(4-1)26-21(27-19)16-7-9-17(10-8-16)25-23-28-22(20-6-3-15-33-20)29-24(30-23)31-11-13-32-14-12-31/h1-10,15H,11-14H2,(H,26,27)(H,25,28,29,30). The lowest BCUT2D eigenvalue weighted by molar-refractivity contribution is 0.122. The van der Waals surface area contributed by atoms with E-state index in [1.165, 1.54) is 0 Å². The minimum absolute atomic E-state index is 0.520. The van der Waals surface area contributed by atoms with Crippen molar-refractivity contribution in [3.8, 4) is 22.1 Å². The number of H-pyrrole nitrogens is 1. The number of nitrogens with one attached hydrogen (secondary N) is 2. The van der Waals surface area contributed by atoms with Crippen LogP contribution in [0.4, 0.5) is 17.6 Å². The number of hydrogen-bond acceptors (Lipinski definition) is 8. The number of rotatable bonds is 5. The fourth-order valence-electron chi connectivity index (χ4n) is 3.77. The molecule has 6 rings (SSSR count). The number of thiophene rings is 1. The molecule has 3 aromatic heterocycles. The molecule has 2 aromatic carbocycles. The van der Waals surface area contributed by atoms with Crippen LogP contribution in [0.15, 0.2) is 66.0 Å². The quantitative estimate of drug-likeness (QED) is 0.396.